The summed E-state index contributed by atoms with van der Waals surface area (Å²) in [6, 6.07) is 85.9. The maximum Gasteiger partial charge on any atom is 0.220 e. The summed E-state index contributed by atoms with van der Waals surface area (Å²) in [7, 11) is 10.4. The van der Waals surface area contributed by atoms with E-state index in [2.05, 4.69) is 274 Å². The van der Waals surface area contributed by atoms with E-state index < -0.39 is 0 Å². The molecule has 10 bridgehead atoms. The first kappa shape index (κ1) is 93.8. The van der Waals surface area contributed by atoms with Gasteiger partial charge in [0.2, 0.25) is 28.5 Å². The van der Waals surface area contributed by atoms with Crippen LogP contribution >= 0.6 is 0 Å². The average Bonchev–Trinajstić information content (AvgIpc) is 1.31. The van der Waals surface area contributed by atoms with Crippen LogP contribution in [0.1, 0.15) is 278 Å². The van der Waals surface area contributed by atoms with Crippen LogP contribution in [0, 0.1) is 161 Å². The molecular weight excluding hydrogens is 1810 g/mol. The van der Waals surface area contributed by atoms with Gasteiger partial charge in [0.25, 0.3) is 0 Å². The van der Waals surface area contributed by atoms with Crippen molar-refractivity contribution in [3.8, 4) is 78.5 Å². The van der Waals surface area contributed by atoms with E-state index >= 15 is 4.39 Å². The fraction of sp³-hybridized carbons (Fsp3) is 0.387. The van der Waals surface area contributed by atoms with E-state index in [1.165, 1.54) is 252 Å². The molecule has 0 amide bonds. The van der Waals surface area contributed by atoms with Crippen molar-refractivity contribution in [1.29, 1.82) is 0 Å². The SMILES string of the molecule is [2H]c1c(C)[n+](C)c(-c2cc(-c3ccccc3)c(F)cc2C)c2ccc(C3CC4CCC3C4)cc12.[2H]c1c(C)[n+](C)c(-c2cc(C)c(F)c(C)c2C)c2ccc(C3CC4CCC3C4)cc12.[2H]c1c(C)[n+](C)c(-c2cc(C)ccc2C)c2ccc(C3CC4CCC3CC4)cc12.[2H]c1c(C)[n+](C)c(-c2ccc(-c3ccccc3)cc2C)c2ccc(C3CC4CCC3C4)cc12.[2H]c1c(C)[n+](C)c(-c2ccccc2C)c2ccc(C3CC4CCC3CC4)cc12. The predicted octanol–water partition coefficient (Wildman–Crippen LogP) is 34.6. The first-order valence-electron chi connectivity index (χ1n) is 59.3. The van der Waals surface area contributed by atoms with Gasteiger partial charge in [0.1, 0.15) is 46.9 Å². The summed E-state index contributed by atoms with van der Waals surface area (Å²) in [4.78, 5) is 0. The molecule has 17 aromatic rings. The number of hydrogen-bond acceptors (Lipinski definition) is 0. The molecule has 149 heavy (non-hydrogen) atoms. The Hall–Kier alpha value is -12.5. The third kappa shape index (κ3) is 19.0. The van der Waals surface area contributed by atoms with Gasteiger partial charge in [-0.3, -0.25) is 0 Å². The number of pyridine rings is 5. The second-order valence-electron chi connectivity index (χ2n) is 48.1. The van der Waals surface area contributed by atoms with Crippen LogP contribution in [0.25, 0.3) is 132 Å². The zero-order valence-corrected chi connectivity index (χ0v) is 91.6. The van der Waals surface area contributed by atoms with Gasteiger partial charge in [0.05, 0.1) is 44.9 Å². The number of halogens is 2. The number of nitrogens with zero attached hydrogens (tertiary/aromatic N) is 5. The third-order valence-corrected chi connectivity index (χ3v) is 39.3. The fourth-order valence-electron chi connectivity index (χ4n) is 30.4. The van der Waals surface area contributed by atoms with Gasteiger partial charge in [-0.1, -0.05) is 214 Å². The molecule has 758 valence electrons. The number of aromatic nitrogens is 5. The highest BCUT2D eigenvalue weighted by Crippen LogP contribution is 2.58. The normalized spacial score (nSPS) is 23.5. The molecule has 5 aromatic heterocycles. The van der Waals surface area contributed by atoms with Gasteiger partial charge in [-0.15, -0.1) is 0 Å². The van der Waals surface area contributed by atoms with Crippen LogP contribution < -0.4 is 22.8 Å². The Balaban J connectivity index is 0.000000105. The van der Waals surface area contributed by atoms with Gasteiger partial charge >= 0.3 is 0 Å². The molecule has 29 rings (SSSR count). The topological polar surface area (TPSA) is 19.4 Å². The molecule has 12 saturated carbocycles. The fourth-order valence-corrected chi connectivity index (χ4v) is 30.4. The Labute approximate surface area is 893 Å². The van der Waals surface area contributed by atoms with E-state index in [-0.39, 0.29) is 11.6 Å². The van der Waals surface area contributed by atoms with Crippen molar-refractivity contribution in [2.75, 3.05) is 0 Å². The van der Waals surface area contributed by atoms with Crippen molar-refractivity contribution in [3.63, 3.8) is 0 Å². The van der Waals surface area contributed by atoms with Crippen molar-refractivity contribution < 1.29 is 38.5 Å². The average molecular weight is 1980 g/mol. The molecule has 12 fully saturated rings. The number of hydrogen-bond donors (Lipinski definition) is 0. The second kappa shape index (κ2) is 41.0. The largest absolute Gasteiger partial charge is 0.220 e. The summed E-state index contributed by atoms with van der Waals surface area (Å²) in [6.07, 6.45) is 30.5. The monoisotopic (exact) mass is 1970 g/mol. The van der Waals surface area contributed by atoms with E-state index in [1.54, 1.807) is 6.07 Å². The highest BCUT2D eigenvalue weighted by Gasteiger charge is 2.45. The molecule has 12 aliphatic carbocycles. The molecule has 11 unspecified atom stereocenters. The van der Waals surface area contributed by atoms with E-state index in [1.807, 2.05) is 98.1 Å². The Morgan fingerprint density at radius 1 is 0.228 bits per heavy atom. The zero-order valence-electron chi connectivity index (χ0n) is 96.6. The van der Waals surface area contributed by atoms with Crippen molar-refractivity contribution in [2.24, 2.45) is 94.4 Å². The van der Waals surface area contributed by atoms with E-state index in [4.69, 9.17) is 6.85 Å². The summed E-state index contributed by atoms with van der Waals surface area (Å²) in [5.74, 6) is 11.9. The number of fused-ring (bicyclic) bond motifs is 17. The van der Waals surface area contributed by atoms with Gasteiger partial charge in [-0.25, -0.2) is 8.78 Å². The molecule has 0 radical (unpaired) electrons. The standard InChI is InChI=1S/C31H31FN.C31H32N.C27H31FN.C27H32N.C26H30N/c1-19-13-30(32)29(22-7-5-4-6-8-22)18-27(19)31-26-12-11-24(17-25(26)14-20(2)33(31)3)28-16-21-9-10-23(28)15-21;1-20-15-24(23-7-5-4-6-8-23)11-13-28(20)31-29-14-12-26(19-27(29)16-21(2)32(31)3)30-18-22-9-10-25(30)17-22;1-15-10-24(17(3)18(4)26(15)28)27-23-9-8-21(14-22(23)11-16(2)29(27)5)25-13-19-6-7-20(25)12-19;1-17-5-6-18(2)25(13-17)27-24-12-11-22(16-23(24)14-19(3)28(27)4)26-15-20-7-9-21(26)10-8-20;1-17-6-4-5-7-23(17)26-24-13-12-21(16-22(24)14-18(2)27(26)3)25-15-19-8-10-20(25)11-9-19/h4-8,11-14,17-18,21,23,28H,9-10,15-16H2,1-3H3;4-8,11-16,19,22,25,30H,9-10,17-18H2,1-3H3;8-11,14,19-20,25H,6-7,12-13H2,1-5H3;5-6,11-14,16,20-21,26H,7-10,15H2,1-4H3;4-7,12-14,16,19-20,25H,8-11,15H2,1-3H3/q5*+1/i14D;16D;11D;2*14D. The highest BCUT2D eigenvalue weighted by molar-refractivity contribution is 6.00. The molecule has 0 saturated heterocycles. The van der Waals surface area contributed by atoms with Crippen LogP contribution in [-0.4, -0.2) is 0 Å². The number of aryl methyl sites for hydroxylation is 6. The van der Waals surface area contributed by atoms with Crippen LogP contribution in [0.4, 0.5) is 8.78 Å². The zero-order chi connectivity index (χ0) is 107. The van der Waals surface area contributed by atoms with Gasteiger partial charge < -0.3 is 0 Å². The van der Waals surface area contributed by atoms with Crippen molar-refractivity contribution in [1.82, 2.24) is 0 Å². The van der Waals surface area contributed by atoms with Gasteiger partial charge in [0.15, 0.2) is 28.5 Å². The van der Waals surface area contributed by atoms with Crippen molar-refractivity contribution in [3.05, 3.63) is 373 Å². The lowest BCUT2D eigenvalue weighted by molar-refractivity contribution is -0.665. The maximum atomic E-state index is 15.1. The summed E-state index contributed by atoms with van der Waals surface area (Å²) < 4.78 is 84.9. The lowest BCUT2D eigenvalue weighted by Crippen LogP contribution is -2.35. The maximum absolute atomic E-state index is 15.1. The van der Waals surface area contributed by atoms with Crippen LogP contribution in [0.15, 0.2) is 261 Å². The third-order valence-electron chi connectivity index (χ3n) is 39.3. The van der Waals surface area contributed by atoms with E-state index in [0.717, 1.165) is 165 Å². The Morgan fingerprint density at radius 2 is 0.550 bits per heavy atom. The molecule has 12 aromatic carbocycles. The number of benzene rings is 12. The van der Waals surface area contributed by atoms with E-state index in [9.17, 15) is 4.39 Å². The molecule has 5 nitrogen and oxygen atoms in total. The van der Waals surface area contributed by atoms with Crippen LogP contribution in [0.2, 0.25) is 0 Å². The quantitative estimate of drug-likeness (QED) is 0.109. The second-order valence-corrected chi connectivity index (χ2v) is 48.1. The van der Waals surface area contributed by atoms with Crippen molar-refractivity contribution >= 4 is 53.9 Å². The summed E-state index contributed by atoms with van der Waals surface area (Å²) in [6.45, 7) is 26.7. The molecule has 12 aliphatic rings. The molecule has 0 spiro atoms. The Morgan fingerprint density at radius 3 is 0.913 bits per heavy atom. The van der Waals surface area contributed by atoms with Gasteiger partial charge in [-0.05, 0) is 418 Å². The number of rotatable bonds is 12. The lowest BCUT2D eigenvalue weighted by Gasteiger charge is -2.42. The minimum atomic E-state index is -0.202. The molecule has 7 heteroatoms. The van der Waals surface area contributed by atoms with Crippen LogP contribution in [0.3, 0.4) is 0 Å². The minimum Gasteiger partial charge on any atom is -0.206 e. The Kier molecular flexibility index (Phi) is 25.8. The minimum absolute atomic E-state index is 0.115. The first-order chi connectivity index (χ1) is 74.2. The summed E-state index contributed by atoms with van der Waals surface area (Å²) in [5, 5.41) is 11.1. The highest BCUT2D eigenvalue weighted by atomic mass is 19.1. The van der Waals surface area contributed by atoms with Crippen LogP contribution in [-0.2, 0) is 35.2 Å². The molecule has 5 heterocycles. The molecule has 0 N–H and O–H groups in total. The smallest absolute Gasteiger partial charge is 0.206 e. The van der Waals surface area contributed by atoms with E-state index in [0.29, 0.717) is 76.5 Å². The summed E-state index contributed by atoms with van der Waals surface area (Å²) in [5.41, 5.74) is 36.3. The first-order valence-corrected chi connectivity index (χ1v) is 56.8. The Bertz CT molecular complexity index is 8420. The molecular formula is C142H156F2N5+5. The van der Waals surface area contributed by atoms with Crippen molar-refractivity contribution in [2.45, 2.75) is 261 Å². The summed E-state index contributed by atoms with van der Waals surface area (Å²) >= 11 is 0. The van der Waals surface area contributed by atoms with Crippen LogP contribution in [0.5, 0.6) is 0 Å². The van der Waals surface area contributed by atoms with Gasteiger partial charge in [-0.2, -0.15) is 22.8 Å². The van der Waals surface area contributed by atoms with Gasteiger partial charge in [0, 0.05) is 87.1 Å². The molecule has 0 aliphatic heterocycles. The molecule has 11 atom stereocenters. The predicted molar refractivity (Wildman–Crippen MR) is 615 cm³/mol. The lowest BCUT2D eigenvalue weighted by atomic mass is 9.63.